The van der Waals surface area contributed by atoms with Crippen LogP contribution in [0.1, 0.15) is 110 Å². The van der Waals surface area contributed by atoms with E-state index >= 15 is 0 Å². The fourth-order valence-electron chi connectivity index (χ4n) is 19.8. The van der Waals surface area contributed by atoms with Crippen LogP contribution in [0, 0.1) is 73.9 Å². The number of amides is 1. The lowest BCUT2D eigenvalue weighted by Crippen LogP contribution is -2.69. The number of carbonyl (C=O) groups excluding carboxylic acids is 1. The van der Waals surface area contributed by atoms with E-state index in [1.807, 2.05) is 16.7 Å². The van der Waals surface area contributed by atoms with E-state index in [9.17, 15) is 4.79 Å². The van der Waals surface area contributed by atoms with Crippen LogP contribution in [0.3, 0.4) is 0 Å². The van der Waals surface area contributed by atoms with Crippen molar-refractivity contribution in [2.24, 2.45) is 73.9 Å². The quantitative estimate of drug-likeness (QED) is 0.283. The van der Waals surface area contributed by atoms with Gasteiger partial charge in [0.15, 0.2) is 0 Å². The molecular weight excluding hydrogens is 564 g/mol. The average molecular weight is 621 g/mol. The van der Waals surface area contributed by atoms with Crippen molar-refractivity contribution >= 4 is 5.91 Å². The Kier molecular flexibility index (Phi) is 4.26. The number of allylic oxidation sites excluding steroid dienone is 2. The molecule has 4 heteroatoms. The van der Waals surface area contributed by atoms with E-state index < -0.39 is 0 Å². The van der Waals surface area contributed by atoms with Gasteiger partial charge in [-0.3, -0.25) is 4.79 Å². The van der Waals surface area contributed by atoms with Crippen LogP contribution in [0.2, 0.25) is 0 Å². The first-order valence-electron chi connectivity index (χ1n) is 20.1. The molecule has 246 valence electrons. The normalized spacial score (nSPS) is 65.5. The van der Waals surface area contributed by atoms with Crippen LogP contribution in [0.5, 0.6) is 0 Å². The van der Waals surface area contributed by atoms with Crippen molar-refractivity contribution in [3.05, 3.63) is 22.8 Å². The summed E-state index contributed by atoms with van der Waals surface area (Å²) in [5.74, 6) is 6.01. The monoisotopic (exact) mass is 620 g/mol. The van der Waals surface area contributed by atoms with Gasteiger partial charge in [0.2, 0.25) is 5.91 Å². The second-order valence-corrected chi connectivity index (χ2v) is 21.3. The van der Waals surface area contributed by atoms with Gasteiger partial charge in [0.25, 0.3) is 0 Å². The van der Waals surface area contributed by atoms with Gasteiger partial charge in [-0.15, -0.1) is 0 Å². The number of likely N-dealkylation sites (tertiary alicyclic amines) is 2. The van der Waals surface area contributed by atoms with Crippen molar-refractivity contribution in [3.8, 4) is 0 Å². The van der Waals surface area contributed by atoms with Crippen LogP contribution in [0.25, 0.3) is 0 Å². The Morgan fingerprint density at radius 3 is 2.72 bits per heavy atom. The average Bonchev–Trinajstić information content (AvgIpc) is 3.57. The Labute approximate surface area is 276 Å². The number of fused-ring (bicyclic) bond motifs is 3. The van der Waals surface area contributed by atoms with Gasteiger partial charge in [0.1, 0.15) is 0 Å². The molecule has 3 heterocycles. The minimum atomic E-state index is -0.0994. The third-order valence-electron chi connectivity index (χ3n) is 20.4. The lowest BCUT2D eigenvalue weighted by molar-refractivity contribution is -0.283. The summed E-state index contributed by atoms with van der Waals surface area (Å²) < 4.78 is 8.17. The zero-order valence-electron chi connectivity index (χ0n) is 29.0. The summed E-state index contributed by atoms with van der Waals surface area (Å²) in [6, 6.07) is 0.515. The van der Waals surface area contributed by atoms with Gasteiger partial charge in [0.05, 0.1) is 11.7 Å². The van der Waals surface area contributed by atoms with Gasteiger partial charge in [-0.2, -0.15) is 0 Å². The summed E-state index contributed by atoms with van der Waals surface area (Å²) in [4.78, 5) is 19.2. The number of ether oxygens (including phenoxy) is 1. The molecule has 3 saturated heterocycles. The highest BCUT2D eigenvalue weighted by Gasteiger charge is 2.87. The minimum Gasteiger partial charge on any atom is -0.370 e. The number of piperidine rings is 2. The van der Waals surface area contributed by atoms with E-state index in [1.54, 1.807) is 0 Å². The van der Waals surface area contributed by atoms with E-state index in [-0.39, 0.29) is 11.0 Å². The second-order valence-electron chi connectivity index (χ2n) is 21.3. The molecule has 12 bridgehead atoms. The maximum atomic E-state index is 14.1. The Bertz CT molecular complexity index is 1630. The molecule has 16 atom stereocenters. The molecule has 0 radical (unpaired) electrons. The van der Waals surface area contributed by atoms with Gasteiger partial charge < -0.3 is 14.5 Å². The Hall–Kier alpha value is -1.13. The van der Waals surface area contributed by atoms with Crippen molar-refractivity contribution in [3.63, 3.8) is 0 Å². The summed E-state index contributed by atoms with van der Waals surface area (Å²) in [5.41, 5.74) is 7.62. The number of hydrogen-bond donors (Lipinski definition) is 0. The van der Waals surface area contributed by atoms with Gasteiger partial charge in [-0.1, -0.05) is 31.9 Å². The molecule has 0 N–H and O–H groups in total. The largest absolute Gasteiger partial charge is 0.370 e. The van der Waals surface area contributed by atoms with E-state index in [0.717, 1.165) is 41.9 Å². The summed E-state index contributed by atoms with van der Waals surface area (Å²) in [6.07, 6.45) is 23.8. The smallest absolute Gasteiger partial charge is 0.228 e. The summed E-state index contributed by atoms with van der Waals surface area (Å²) >= 11 is 0. The first-order valence-corrected chi connectivity index (χ1v) is 20.1. The van der Waals surface area contributed by atoms with Gasteiger partial charge in [-0.25, -0.2) is 0 Å². The molecule has 4 nitrogen and oxygen atoms in total. The molecule has 0 aromatic rings. The highest BCUT2D eigenvalue weighted by atomic mass is 16.5. The third-order valence-corrected chi connectivity index (χ3v) is 20.4. The molecule has 11 fully saturated rings. The van der Waals surface area contributed by atoms with E-state index in [0.29, 0.717) is 51.0 Å². The van der Waals surface area contributed by atoms with Crippen LogP contribution < -0.4 is 0 Å². The first-order chi connectivity index (χ1) is 22.0. The molecule has 16 unspecified atom stereocenters. The van der Waals surface area contributed by atoms with Crippen LogP contribution in [-0.4, -0.2) is 60.6 Å². The molecule has 3 aliphatic heterocycles. The number of carbonyl (C=O) groups is 1. The van der Waals surface area contributed by atoms with E-state index in [4.69, 9.17) is 4.74 Å². The van der Waals surface area contributed by atoms with Gasteiger partial charge in [0, 0.05) is 47.8 Å². The molecule has 46 heavy (non-hydrogen) atoms. The predicted molar refractivity (Wildman–Crippen MR) is 176 cm³/mol. The SMILES string of the molecule is CN1CC2CC3=C(CCC45CC6C(C=C34)C63CCC4(CC67CCC8C9(C)CCCC8%10C(C6CC4CC7%10)N(C)C9=O)OC53)C(C)(C2)C1. The van der Waals surface area contributed by atoms with Crippen molar-refractivity contribution in [1.29, 1.82) is 0 Å². The molecule has 1 amide bonds. The second kappa shape index (κ2) is 7.33. The topological polar surface area (TPSA) is 32.8 Å². The highest BCUT2D eigenvalue weighted by molar-refractivity contribution is 5.85. The number of rotatable bonds is 0. The first kappa shape index (κ1) is 26.7. The Balaban J connectivity index is 0.896. The number of nitrogens with zero attached hydrogens (tertiary/aromatic N) is 2. The molecule has 15 aliphatic rings. The van der Waals surface area contributed by atoms with Crippen LogP contribution >= 0.6 is 0 Å². The molecule has 0 aromatic carbocycles. The lowest BCUT2D eigenvalue weighted by atomic mass is 9.38. The Morgan fingerprint density at radius 2 is 1.83 bits per heavy atom. The maximum Gasteiger partial charge on any atom is 0.228 e. The van der Waals surface area contributed by atoms with E-state index in [1.165, 1.54) is 103 Å². The molecule has 15 rings (SSSR count). The third kappa shape index (κ3) is 2.38. The summed E-state index contributed by atoms with van der Waals surface area (Å²) in [6.45, 7) is 7.57. The lowest BCUT2D eigenvalue weighted by Gasteiger charge is -2.69. The van der Waals surface area contributed by atoms with Crippen molar-refractivity contribution in [1.82, 2.24) is 9.80 Å². The fraction of sp³-hybridized carbons (Fsp3) is 0.881. The van der Waals surface area contributed by atoms with Crippen molar-refractivity contribution < 1.29 is 9.53 Å². The molecule has 12 aliphatic carbocycles. The highest BCUT2D eigenvalue weighted by Crippen LogP contribution is 2.88. The molecule has 0 aromatic heterocycles. The minimum absolute atomic E-state index is 0.0994. The van der Waals surface area contributed by atoms with Crippen molar-refractivity contribution in [2.45, 2.75) is 128 Å². The van der Waals surface area contributed by atoms with Crippen LogP contribution in [0.15, 0.2) is 22.8 Å². The van der Waals surface area contributed by atoms with Crippen molar-refractivity contribution in [2.75, 3.05) is 27.2 Å². The summed E-state index contributed by atoms with van der Waals surface area (Å²) in [5, 5.41) is 0. The fourth-order valence-corrected chi connectivity index (χ4v) is 19.8. The maximum absolute atomic E-state index is 14.1. The zero-order valence-corrected chi connectivity index (χ0v) is 29.0. The molecular formula is C42H56N2O2. The predicted octanol–water partition coefficient (Wildman–Crippen LogP) is 7.39. The van der Waals surface area contributed by atoms with Crippen LogP contribution in [0.4, 0.5) is 0 Å². The molecule has 5 spiro atoms. The van der Waals surface area contributed by atoms with Gasteiger partial charge in [-0.05, 0) is 160 Å². The van der Waals surface area contributed by atoms with Crippen LogP contribution in [-0.2, 0) is 9.53 Å². The Morgan fingerprint density at radius 1 is 0.935 bits per heavy atom. The standard InChI is InChI=1S/C42H56N2O2/c1-36-18-23(20-43(3)22-36)14-25-26(36)6-10-38-19-30-28(17-27(25)38)41(30)13-12-40(46-34(38)41)21-39-11-7-31-37(2)8-5-9-42(31)32(39)16-24(40)15-29(39)33(42)44(4)35(37)45/h17,23-24,28-34H,5-16,18-22H2,1-4H3. The molecule has 8 saturated carbocycles. The number of hydrogen-bond acceptors (Lipinski definition) is 3. The van der Waals surface area contributed by atoms with Gasteiger partial charge >= 0.3 is 0 Å². The zero-order chi connectivity index (χ0) is 30.6. The van der Waals surface area contributed by atoms with E-state index in [2.05, 4.69) is 43.8 Å². The summed E-state index contributed by atoms with van der Waals surface area (Å²) in [7, 11) is 4.61.